The van der Waals surface area contributed by atoms with Crippen LogP contribution in [0.25, 0.3) is 0 Å². The number of aliphatic imine (C=N–C) groups is 1. The predicted octanol–water partition coefficient (Wildman–Crippen LogP) is 3.41. The lowest BCUT2D eigenvalue weighted by Crippen LogP contribution is -2.49. The summed E-state index contributed by atoms with van der Waals surface area (Å²) in [5.74, 6) is 1.86. The van der Waals surface area contributed by atoms with Gasteiger partial charge < -0.3 is 19.7 Å². The number of nitrogens with one attached hydrogen (secondary N) is 1. The van der Waals surface area contributed by atoms with Crippen molar-refractivity contribution in [3.63, 3.8) is 0 Å². The van der Waals surface area contributed by atoms with E-state index in [-0.39, 0.29) is 28.7 Å². The molecule has 26 heavy (non-hydrogen) atoms. The van der Waals surface area contributed by atoms with Gasteiger partial charge in [0.15, 0.2) is 5.96 Å². The number of nitrogens with zero attached hydrogens (tertiary/aromatic N) is 2. The fraction of sp³-hybridized carbons (Fsp3) is 0.632. The third kappa shape index (κ3) is 6.81. The van der Waals surface area contributed by atoms with Crippen LogP contribution in [0.4, 0.5) is 0 Å². The molecule has 0 spiro atoms. The number of aryl methyl sites for hydroxylation is 1. The van der Waals surface area contributed by atoms with Crippen LogP contribution in [0.15, 0.2) is 29.3 Å². The normalized spacial score (nSPS) is 16.5. The number of hydrogen-bond donors (Lipinski definition) is 1. The number of ether oxygens (including phenoxy) is 2. The Morgan fingerprint density at radius 1 is 1.35 bits per heavy atom. The quantitative estimate of drug-likeness (QED) is 0.359. The third-order valence-electron chi connectivity index (χ3n) is 4.76. The lowest BCUT2D eigenvalue weighted by atomic mass is 9.99. The minimum Gasteiger partial charge on any atom is -0.491 e. The summed E-state index contributed by atoms with van der Waals surface area (Å²) in [6.45, 7) is 6.08. The second-order valence-corrected chi connectivity index (χ2v) is 7.71. The standard InChI is InChI=1S/C19H31N3O2S.HI/c1-16-7-5-6-8-17(16)24-14-11-22(3)18(20-2)21-15-19(25-4)9-12-23-13-10-19;/h5-8H,9-15H2,1-4H3,(H,20,21);1H. The Balaban J connectivity index is 0.00000338. The highest BCUT2D eigenvalue weighted by molar-refractivity contribution is 14.0. The Morgan fingerprint density at radius 2 is 2.04 bits per heavy atom. The van der Waals surface area contributed by atoms with Crippen LogP contribution in [-0.2, 0) is 4.74 Å². The average Bonchev–Trinajstić information content (AvgIpc) is 2.64. The van der Waals surface area contributed by atoms with Gasteiger partial charge in [-0.05, 0) is 37.7 Å². The summed E-state index contributed by atoms with van der Waals surface area (Å²) in [6.07, 6.45) is 4.35. The molecule has 1 heterocycles. The number of hydrogen-bond acceptors (Lipinski definition) is 4. The molecule has 0 bridgehead atoms. The van der Waals surface area contributed by atoms with E-state index in [2.05, 4.69) is 34.5 Å². The zero-order valence-corrected chi connectivity index (χ0v) is 19.4. The van der Waals surface area contributed by atoms with Crippen LogP contribution in [0.1, 0.15) is 18.4 Å². The molecule has 1 aliphatic rings. The Hall–Kier alpha value is -0.670. The number of benzene rings is 1. The van der Waals surface area contributed by atoms with Crippen LogP contribution in [0, 0.1) is 6.92 Å². The van der Waals surface area contributed by atoms with Gasteiger partial charge in [0.1, 0.15) is 12.4 Å². The van der Waals surface area contributed by atoms with Gasteiger partial charge in [0, 0.05) is 38.6 Å². The minimum atomic E-state index is 0. The lowest BCUT2D eigenvalue weighted by Gasteiger charge is -2.36. The molecule has 5 nitrogen and oxygen atoms in total. The van der Waals surface area contributed by atoms with E-state index in [4.69, 9.17) is 9.47 Å². The summed E-state index contributed by atoms with van der Waals surface area (Å²) >= 11 is 1.93. The van der Waals surface area contributed by atoms with Crippen molar-refractivity contribution in [1.29, 1.82) is 0 Å². The molecule has 0 amide bonds. The van der Waals surface area contributed by atoms with Gasteiger partial charge in [-0.25, -0.2) is 0 Å². The zero-order chi connectivity index (χ0) is 18.1. The zero-order valence-electron chi connectivity index (χ0n) is 16.3. The molecule has 0 aliphatic carbocycles. The van der Waals surface area contributed by atoms with Crippen molar-refractivity contribution >= 4 is 41.7 Å². The first-order valence-corrected chi connectivity index (χ1v) is 10.1. The highest BCUT2D eigenvalue weighted by Crippen LogP contribution is 2.33. The van der Waals surface area contributed by atoms with Gasteiger partial charge in [0.25, 0.3) is 0 Å². The Kier molecular flexibility index (Phi) is 10.7. The van der Waals surface area contributed by atoms with Crippen molar-refractivity contribution in [2.75, 3.05) is 53.3 Å². The van der Waals surface area contributed by atoms with Crippen LogP contribution in [0.5, 0.6) is 5.75 Å². The molecule has 2 rings (SSSR count). The molecular formula is C19H32IN3O2S. The van der Waals surface area contributed by atoms with Crippen LogP contribution in [0.3, 0.4) is 0 Å². The number of rotatable bonds is 7. The van der Waals surface area contributed by atoms with Crippen LogP contribution < -0.4 is 10.1 Å². The van der Waals surface area contributed by atoms with E-state index in [1.165, 1.54) is 0 Å². The third-order valence-corrected chi connectivity index (χ3v) is 6.18. The number of para-hydroxylation sites is 1. The molecule has 0 unspecified atom stereocenters. The number of guanidine groups is 1. The van der Waals surface area contributed by atoms with Crippen molar-refractivity contribution in [2.24, 2.45) is 4.99 Å². The molecule has 1 aromatic rings. The summed E-state index contributed by atoms with van der Waals surface area (Å²) in [5, 5.41) is 3.53. The molecular weight excluding hydrogens is 461 g/mol. The van der Waals surface area contributed by atoms with Crippen molar-refractivity contribution < 1.29 is 9.47 Å². The highest BCUT2D eigenvalue weighted by atomic mass is 127. The van der Waals surface area contributed by atoms with E-state index in [0.717, 1.165) is 56.4 Å². The first-order chi connectivity index (χ1) is 12.1. The fourth-order valence-corrected chi connectivity index (χ4v) is 3.73. The molecule has 0 aromatic heterocycles. The predicted molar refractivity (Wildman–Crippen MR) is 122 cm³/mol. The van der Waals surface area contributed by atoms with Gasteiger partial charge in [0.2, 0.25) is 0 Å². The van der Waals surface area contributed by atoms with Crippen molar-refractivity contribution in [3.05, 3.63) is 29.8 Å². The number of likely N-dealkylation sites (N-methyl/N-ethyl adjacent to an activating group) is 1. The largest absolute Gasteiger partial charge is 0.491 e. The van der Waals surface area contributed by atoms with E-state index < -0.39 is 0 Å². The second-order valence-electron chi connectivity index (χ2n) is 6.44. The summed E-state index contributed by atoms with van der Waals surface area (Å²) in [5.41, 5.74) is 1.16. The molecule has 1 fully saturated rings. The van der Waals surface area contributed by atoms with Gasteiger partial charge >= 0.3 is 0 Å². The van der Waals surface area contributed by atoms with Crippen molar-refractivity contribution in [2.45, 2.75) is 24.5 Å². The Labute approximate surface area is 179 Å². The van der Waals surface area contributed by atoms with Crippen LogP contribution in [0.2, 0.25) is 0 Å². The molecule has 1 saturated heterocycles. The second kappa shape index (κ2) is 11.9. The average molecular weight is 493 g/mol. The summed E-state index contributed by atoms with van der Waals surface area (Å²) in [7, 11) is 3.88. The Morgan fingerprint density at radius 3 is 2.65 bits per heavy atom. The molecule has 7 heteroatoms. The molecule has 1 aromatic carbocycles. The van der Waals surface area contributed by atoms with Gasteiger partial charge in [-0.1, -0.05) is 18.2 Å². The van der Waals surface area contributed by atoms with E-state index >= 15 is 0 Å². The van der Waals surface area contributed by atoms with Crippen molar-refractivity contribution in [3.8, 4) is 5.75 Å². The fourth-order valence-electron chi connectivity index (χ4n) is 2.94. The van der Waals surface area contributed by atoms with Gasteiger partial charge in [-0.3, -0.25) is 4.99 Å². The first-order valence-electron chi connectivity index (χ1n) is 8.83. The van der Waals surface area contributed by atoms with Crippen LogP contribution >= 0.6 is 35.7 Å². The van der Waals surface area contributed by atoms with Gasteiger partial charge in [0.05, 0.1) is 6.54 Å². The molecule has 0 atom stereocenters. The van der Waals surface area contributed by atoms with E-state index in [9.17, 15) is 0 Å². The molecule has 148 valence electrons. The maximum Gasteiger partial charge on any atom is 0.193 e. The topological polar surface area (TPSA) is 46.1 Å². The maximum atomic E-state index is 5.89. The Bertz CT molecular complexity index is 565. The van der Waals surface area contributed by atoms with E-state index in [1.54, 1.807) is 0 Å². The molecule has 1 N–H and O–H groups in total. The van der Waals surface area contributed by atoms with E-state index in [1.807, 2.05) is 44.1 Å². The molecule has 0 radical (unpaired) electrons. The van der Waals surface area contributed by atoms with Gasteiger partial charge in [-0.2, -0.15) is 11.8 Å². The van der Waals surface area contributed by atoms with Crippen molar-refractivity contribution in [1.82, 2.24) is 10.2 Å². The van der Waals surface area contributed by atoms with Gasteiger partial charge in [-0.15, -0.1) is 24.0 Å². The summed E-state index contributed by atoms with van der Waals surface area (Å²) in [6, 6.07) is 8.10. The number of halogens is 1. The first kappa shape index (κ1) is 23.4. The highest BCUT2D eigenvalue weighted by Gasteiger charge is 2.32. The molecule has 0 saturated carbocycles. The summed E-state index contributed by atoms with van der Waals surface area (Å²) in [4.78, 5) is 6.53. The molecule has 1 aliphatic heterocycles. The van der Waals surface area contributed by atoms with Crippen LogP contribution in [-0.4, -0.2) is 68.9 Å². The number of thioether (sulfide) groups is 1. The van der Waals surface area contributed by atoms with E-state index in [0.29, 0.717) is 6.61 Å². The monoisotopic (exact) mass is 493 g/mol. The summed E-state index contributed by atoms with van der Waals surface area (Å²) < 4.78 is 11.6. The smallest absolute Gasteiger partial charge is 0.193 e. The maximum absolute atomic E-state index is 5.89. The lowest BCUT2D eigenvalue weighted by molar-refractivity contribution is 0.0781. The minimum absolute atomic E-state index is 0. The SMILES string of the molecule is CN=C(NCC1(SC)CCOCC1)N(C)CCOc1ccccc1C.I.